The Morgan fingerprint density at radius 1 is 1.12 bits per heavy atom. The monoisotopic (exact) mass is 435 g/mol. The molecule has 2 aromatic carbocycles. The van der Waals surface area contributed by atoms with Gasteiger partial charge in [-0.25, -0.2) is 0 Å². The van der Waals surface area contributed by atoms with Crippen molar-refractivity contribution in [3.05, 3.63) is 65.2 Å². The summed E-state index contributed by atoms with van der Waals surface area (Å²) in [4.78, 5) is 11.4. The number of hydrogen-bond acceptors (Lipinski definition) is 3. The summed E-state index contributed by atoms with van der Waals surface area (Å²) < 4.78 is 6.25. The second kappa shape index (κ2) is 10.5. The zero-order chi connectivity index (χ0) is 22.4. The first-order chi connectivity index (χ1) is 15.6. The van der Waals surface area contributed by atoms with Crippen molar-refractivity contribution in [2.24, 2.45) is 5.92 Å². The van der Waals surface area contributed by atoms with Gasteiger partial charge in [0.2, 0.25) is 0 Å². The van der Waals surface area contributed by atoms with Crippen molar-refractivity contribution in [1.82, 2.24) is 5.32 Å². The number of aryl methyl sites for hydroxylation is 2. The van der Waals surface area contributed by atoms with Crippen molar-refractivity contribution in [1.29, 1.82) is 0 Å². The molecule has 2 aliphatic rings. The number of carboxylic acids is 1. The normalized spacial score (nSPS) is 23.1. The van der Waals surface area contributed by atoms with Crippen LogP contribution in [-0.4, -0.2) is 30.3 Å². The minimum atomic E-state index is -0.628. The van der Waals surface area contributed by atoms with Crippen LogP contribution in [0.5, 0.6) is 5.75 Å². The van der Waals surface area contributed by atoms with E-state index >= 15 is 0 Å². The summed E-state index contributed by atoms with van der Waals surface area (Å²) in [5.74, 6) is 0.156. The highest BCUT2D eigenvalue weighted by Crippen LogP contribution is 2.50. The second-order valence-corrected chi connectivity index (χ2v) is 9.79. The van der Waals surface area contributed by atoms with Gasteiger partial charge in [0.15, 0.2) is 0 Å². The van der Waals surface area contributed by atoms with Crippen molar-refractivity contribution in [2.45, 2.75) is 76.2 Å². The van der Waals surface area contributed by atoms with Gasteiger partial charge in [-0.05, 0) is 105 Å². The molecule has 0 amide bonds. The van der Waals surface area contributed by atoms with Crippen LogP contribution >= 0.6 is 0 Å². The number of aliphatic carboxylic acids is 1. The summed E-state index contributed by atoms with van der Waals surface area (Å²) in [5, 5.41) is 12.9. The molecular formula is C28H37NO3. The molecule has 4 nitrogen and oxygen atoms in total. The highest BCUT2D eigenvalue weighted by molar-refractivity contribution is 5.70. The first kappa shape index (κ1) is 22.8. The van der Waals surface area contributed by atoms with Gasteiger partial charge in [-0.1, -0.05) is 36.4 Å². The lowest BCUT2D eigenvalue weighted by Gasteiger charge is -2.37. The zero-order valence-electron chi connectivity index (χ0n) is 19.3. The molecule has 1 spiro atoms. The number of carboxylic acid groups (broad SMARTS) is 1. The molecule has 0 aromatic heterocycles. The summed E-state index contributed by atoms with van der Waals surface area (Å²) in [6, 6.07) is 17.3. The van der Waals surface area contributed by atoms with Gasteiger partial charge in [-0.15, -0.1) is 0 Å². The highest BCUT2D eigenvalue weighted by Gasteiger charge is 2.43. The number of hydrogen-bond donors (Lipinski definition) is 2. The van der Waals surface area contributed by atoms with Crippen molar-refractivity contribution < 1.29 is 14.6 Å². The summed E-state index contributed by atoms with van der Waals surface area (Å²) in [6.45, 7) is 3.98. The van der Waals surface area contributed by atoms with Crippen LogP contribution < -0.4 is 10.1 Å². The summed E-state index contributed by atoms with van der Waals surface area (Å²) >= 11 is 0. The van der Waals surface area contributed by atoms with Crippen molar-refractivity contribution >= 4 is 5.97 Å². The van der Waals surface area contributed by atoms with Crippen LogP contribution in [0.15, 0.2) is 48.5 Å². The molecule has 1 saturated carbocycles. The third-order valence-electron chi connectivity index (χ3n) is 7.50. The maximum Gasteiger partial charge on any atom is 0.306 e. The first-order valence-electron chi connectivity index (χ1n) is 12.3. The van der Waals surface area contributed by atoms with Crippen LogP contribution in [0.4, 0.5) is 0 Å². The predicted octanol–water partition coefficient (Wildman–Crippen LogP) is 5.53. The SMILES string of the molecule is C[C@@H](CNCCCCc1ccccc1)Oc1ccc2c(c1)C1(CC2)CCC(C(=O)O)CC1. The van der Waals surface area contributed by atoms with Gasteiger partial charge in [0.25, 0.3) is 0 Å². The summed E-state index contributed by atoms with van der Waals surface area (Å²) in [6.07, 6.45) is 9.44. The zero-order valence-corrected chi connectivity index (χ0v) is 19.3. The van der Waals surface area contributed by atoms with Gasteiger partial charge < -0.3 is 15.2 Å². The van der Waals surface area contributed by atoms with E-state index in [2.05, 4.69) is 60.8 Å². The molecule has 4 heteroatoms. The van der Waals surface area contributed by atoms with Crippen molar-refractivity contribution in [3.63, 3.8) is 0 Å². The van der Waals surface area contributed by atoms with Gasteiger partial charge in [0.1, 0.15) is 11.9 Å². The molecule has 0 saturated heterocycles. The van der Waals surface area contributed by atoms with Gasteiger partial charge in [0, 0.05) is 6.54 Å². The molecule has 0 aliphatic heterocycles. The lowest BCUT2D eigenvalue weighted by Crippen LogP contribution is -2.32. The predicted molar refractivity (Wildman–Crippen MR) is 128 cm³/mol. The number of carbonyl (C=O) groups is 1. The Bertz CT molecular complexity index is 887. The van der Waals surface area contributed by atoms with Crippen LogP contribution in [0.25, 0.3) is 0 Å². The first-order valence-corrected chi connectivity index (χ1v) is 12.3. The number of ether oxygens (including phenoxy) is 1. The molecule has 1 atom stereocenters. The largest absolute Gasteiger partial charge is 0.489 e. The Morgan fingerprint density at radius 3 is 2.66 bits per heavy atom. The molecule has 32 heavy (non-hydrogen) atoms. The van der Waals surface area contributed by atoms with Crippen LogP contribution in [-0.2, 0) is 23.1 Å². The van der Waals surface area contributed by atoms with Gasteiger partial charge in [-0.2, -0.15) is 0 Å². The fourth-order valence-corrected chi connectivity index (χ4v) is 5.59. The maximum absolute atomic E-state index is 11.4. The van der Waals surface area contributed by atoms with Gasteiger partial charge in [-0.3, -0.25) is 4.79 Å². The third kappa shape index (κ3) is 5.53. The Labute approximate surface area is 192 Å². The Balaban J connectivity index is 1.22. The van der Waals surface area contributed by atoms with Gasteiger partial charge in [0.05, 0.1) is 5.92 Å². The van der Waals surface area contributed by atoms with E-state index in [1.807, 2.05) is 0 Å². The Morgan fingerprint density at radius 2 is 1.91 bits per heavy atom. The molecule has 2 aliphatic carbocycles. The van der Waals surface area contributed by atoms with Crippen LogP contribution in [0, 0.1) is 5.92 Å². The number of unbranched alkanes of at least 4 members (excludes halogenated alkanes) is 1. The third-order valence-corrected chi connectivity index (χ3v) is 7.50. The quantitative estimate of drug-likeness (QED) is 0.482. The van der Waals surface area contributed by atoms with Crippen molar-refractivity contribution in [2.75, 3.05) is 13.1 Å². The molecule has 0 bridgehead atoms. The number of rotatable bonds is 10. The number of fused-ring (bicyclic) bond motifs is 2. The summed E-state index contributed by atoms with van der Waals surface area (Å²) in [5.41, 5.74) is 4.42. The highest BCUT2D eigenvalue weighted by atomic mass is 16.5. The van der Waals surface area contributed by atoms with Crippen LogP contribution in [0.1, 0.15) is 68.6 Å². The molecule has 2 aromatic rings. The smallest absolute Gasteiger partial charge is 0.306 e. The lowest BCUT2D eigenvalue weighted by atomic mass is 9.67. The van der Waals surface area contributed by atoms with E-state index in [1.54, 1.807) is 0 Å². The fraction of sp³-hybridized carbons (Fsp3) is 0.536. The molecule has 1 fully saturated rings. The van der Waals surface area contributed by atoms with Crippen LogP contribution in [0.3, 0.4) is 0 Å². The molecule has 172 valence electrons. The average molecular weight is 436 g/mol. The molecule has 4 rings (SSSR count). The minimum Gasteiger partial charge on any atom is -0.489 e. The van der Waals surface area contributed by atoms with E-state index in [0.29, 0.717) is 0 Å². The topological polar surface area (TPSA) is 58.6 Å². The molecule has 0 radical (unpaired) electrons. The van der Waals surface area contributed by atoms with E-state index in [4.69, 9.17) is 4.74 Å². The maximum atomic E-state index is 11.4. The fourth-order valence-electron chi connectivity index (χ4n) is 5.59. The van der Waals surface area contributed by atoms with E-state index < -0.39 is 5.97 Å². The molecule has 0 heterocycles. The molecular weight excluding hydrogens is 398 g/mol. The van der Waals surface area contributed by atoms with E-state index in [1.165, 1.54) is 29.5 Å². The van der Waals surface area contributed by atoms with Gasteiger partial charge >= 0.3 is 5.97 Å². The molecule has 0 unspecified atom stereocenters. The molecule has 2 N–H and O–H groups in total. The standard InChI is InChI=1S/C28H37NO3/c1-21(20-29-18-6-5-9-22-7-3-2-4-8-22)32-25-11-10-23-12-15-28(26(23)19-25)16-13-24(14-17-28)27(30)31/h2-4,7-8,10-11,19,21,24,29H,5-6,9,12-18,20H2,1H3,(H,30,31)/t21-,24?,28?/m0/s1. The summed E-state index contributed by atoms with van der Waals surface area (Å²) in [7, 11) is 0. The average Bonchev–Trinajstić information content (AvgIpc) is 3.14. The van der Waals surface area contributed by atoms with Crippen LogP contribution in [0.2, 0.25) is 0 Å². The number of nitrogens with one attached hydrogen (secondary N) is 1. The Hall–Kier alpha value is -2.33. The number of benzene rings is 2. The minimum absolute atomic E-state index is 0.113. The lowest BCUT2D eigenvalue weighted by molar-refractivity contribution is -0.143. The van der Waals surface area contributed by atoms with E-state index in [-0.39, 0.29) is 17.4 Å². The van der Waals surface area contributed by atoms with E-state index in [0.717, 1.165) is 63.8 Å². The van der Waals surface area contributed by atoms with E-state index in [9.17, 15) is 9.90 Å². The second-order valence-electron chi connectivity index (χ2n) is 9.79. The Kier molecular flexibility index (Phi) is 7.51. The van der Waals surface area contributed by atoms with Crippen molar-refractivity contribution in [3.8, 4) is 5.75 Å².